The van der Waals surface area contributed by atoms with Crippen molar-refractivity contribution in [1.82, 2.24) is 0 Å². The lowest BCUT2D eigenvalue weighted by Crippen LogP contribution is -2.25. The van der Waals surface area contributed by atoms with Gasteiger partial charge < -0.3 is 25.3 Å². The van der Waals surface area contributed by atoms with Gasteiger partial charge in [-0.3, -0.25) is 4.79 Å². The van der Waals surface area contributed by atoms with E-state index < -0.39 is 11.9 Å². The number of rotatable bonds is 7. The molecule has 2 aromatic carbocycles. The van der Waals surface area contributed by atoms with Gasteiger partial charge in [0.15, 0.2) is 6.61 Å². The van der Waals surface area contributed by atoms with Crippen molar-refractivity contribution in [1.29, 1.82) is 5.26 Å². The number of anilines is 1. The molecule has 1 heterocycles. The molecule has 1 aliphatic rings. The summed E-state index contributed by atoms with van der Waals surface area (Å²) in [7, 11) is 0. The maximum Gasteiger partial charge on any atom is 0.338 e. The quantitative estimate of drug-likeness (QED) is 0.621. The van der Waals surface area contributed by atoms with Crippen molar-refractivity contribution in [2.24, 2.45) is 5.73 Å². The van der Waals surface area contributed by atoms with E-state index >= 15 is 0 Å². The molecule has 33 heavy (non-hydrogen) atoms. The molecule has 3 N–H and O–H groups in total. The van der Waals surface area contributed by atoms with Crippen molar-refractivity contribution in [2.45, 2.75) is 26.7 Å². The van der Waals surface area contributed by atoms with Gasteiger partial charge in [-0.25, -0.2) is 4.79 Å². The molecule has 8 nitrogen and oxygen atoms in total. The zero-order valence-corrected chi connectivity index (χ0v) is 18.7. The van der Waals surface area contributed by atoms with E-state index in [9.17, 15) is 14.9 Å². The van der Waals surface area contributed by atoms with E-state index in [1.165, 1.54) is 0 Å². The molecule has 1 aliphatic heterocycles. The van der Waals surface area contributed by atoms with Gasteiger partial charge in [0.2, 0.25) is 5.88 Å². The Morgan fingerprint density at radius 1 is 1.18 bits per heavy atom. The summed E-state index contributed by atoms with van der Waals surface area (Å²) in [5.41, 5.74) is 8.55. The molecule has 170 valence electrons. The number of nitrogens with zero attached hydrogens (tertiary/aromatic N) is 1. The van der Waals surface area contributed by atoms with Crippen molar-refractivity contribution >= 4 is 17.6 Å². The first-order valence-electron chi connectivity index (χ1n) is 10.4. The van der Waals surface area contributed by atoms with Crippen molar-refractivity contribution in [3.05, 3.63) is 82.4 Å². The van der Waals surface area contributed by atoms with Gasteiger partial charge in [-0.15, -0.1) is 0 Å². The molecule has 0 bridgehead atoms. The largest absolute Gasteiger partial charge is 0.484 e. The van der Waals surface area contributed by atoms with Crippen LogP contribution in [0.5, 0.6) is 5.75 Å². The second-order valence-electron chi connectivity index (χ2n) is 7.39. The summed E-state index contributed by atoms with van der Waals surface area (Å²) in [4.78, 5) is 24.9. The van der Waals surface area contributed by atoms with E-state index in [1.54, 1.807) is 38.1 Å². The third kappa shape index (κ3) is 5.52. The maximum atomic E-state index is 12.6. The van der Waals surface area contributed by atoms with E-state index in [1.807, 2.05) is 37.3 Å². The lowest BCUT2D eigenvalue weighted by Gasteiger charge is -2.27. The minimum absolute atomic E-state index is 0.0724. The average molecular weight is 447 g/mol. The molecular formula is C25H25N3O5. The SMILES string of the molecule is CCOC(=O)C1=C(C)OC(N)=C(C#N)C1c1cccc(OCC(=O)Nc2ccc(C)cc2)c1. The smallest absolute Gasteiger partial charge is 0.338 e. The molecule has 0 aliphatic carbocycles. The molecule has 1 unspecified atom stereocenters. The van der Waals surface area contributed by atoms with Crippen LogP contribution in [-0.2, 0) is 19.1 Å². The number of nitrogens with one attached hydrogen (secondary N) is 1. The summed E-state index contributed by atoms with van der Waals surface area (Å²) < 4.78 is 16.3. The summed E-state index contributed by atoms with van der Waals surface area (Å²) >= 11 is 0. The van der Waals surface area contributed by atoms with Crippen LogP contribution in [0.25, 0.3) is 0 Å². The summed E-state index contributed by atoms with van der Waals surface area (Å²) in [5.74, 6) is -1.11. The number of nitriles is 1. The fourth-order valence-corrected chi connectivity index (χ4v) is 3.45. The minimum atomic E-state index is -0.785. The van der Waals surface area contributed by atoms with Crippen molar-refractivity contribution in [3.8, 4) is 11.8 Å². The molecular weight excluding hydrogens is 422 g/mol. The number of carbonyl (C=O) groups is 2. The Labute approximate surface area is 192 Å². The zero-order chi connectivity index (χ0) is 24.0. The average Bonchev–Trinajstić information content (AvgIpc) is 2.79. The number of hydrogen-bond acceptors (Lipinski definition) is 7. The number of aryl methyl sites for hydroxylation is 1. The van der Waals surface area contributed by atoms with E-state index in [-0.39, 0.29) is 41.9 Å². The first-order chi connectivity index (χ1) is 15.8. The summed E-state index contributed by atoms with van der Waals surface area (Å²) in [6, 6.07) is 16.2. The monoisotopic (exact) mass is 447 g/mol. The van der Waals surface area contributed by atoms with Crippen LogP contribution in [-0.4, -0.2) is 25.1 Å². The molecule has 2 aromatic rings. The molecule has 0 radical (unpaired) electrons. The van der Waals surface area contributed by atoms with Crippen molar-refractivity contribution in [3.63, 3.8) is 0 Å². The van der Waals surface area contributed by atoms with Crippen LogP contribution in [0.1, 0.15) is 30.9 Å². The highest BCUT2D eigenvalue weighted by atomic mass is 16.5. The Morgan fingerprint density at radius 2 is 1.91 bits per heavy atom. The Hall–Kier alpha value is -4.25. The third-order valence-corrected chi connectivity index (χ3v) is 5.00. The fraction of sp³-hybridized carbons (Fsp3) is 0.240. The van der Waals surface area contributed by atoms with Gasteiger partial charge in [0.1, 0.15) is 23.2 Å². The number of ether oxygens (including phenoxy) is 3. The van der Waals surface area contributed by atoms with Gasteiger partial charge >= 0.3 is 5.97 Å². The topological polar surface area (TPSA) is 124 Å². The van der Waals surface area contributed by atoms with E-state index in [0.29, 0.717) is 17.0 Å². The van der Waals surface area contributed by atoms with E-state index in [4.69, 9.17) is 19.9 Å². The molecule has 0 saturated carbocycles. The number of hydrogen-bond donors (Lipinski definition) is 2. The Kier molecular flexibility index (Phi) is 7.36. The standard InChI is InChI=1S/C25H25N3O5/c1-4-31-25(30)22-16(3)33-24(27)20(13-26)23(22)17-6-5-7-19(12-17)32-14-21(29)28-18-10-8-15(2)9-11-18/h5-12,23H,4,14,27H2,1-3H3,(H,28,29). The number of esters is 1. The first kappa shape index (κ1) is 23.4. The molecule has 8 heteroatoms. The van der Waals surface area contributed by atoms with Crippen LogP contribution < -0.4 is 15.8 Å². The molecule has 3 rings (SSSR count). The highest BCUT2D eigenvalue weighted by Gasteiger charge is 2.36. The van der Waals surface area contributed by atoms with E-state index in [0.717, 1.165) is 5.56 Å². The highest BCUT2D eigenvalue weighted by molar-refractivity contribution is 5.93. The number of allylic oxidation sites excluding steroid dienone is 2. The molecule has 1 atom stereocenters. The number of amides is 1. The maximum absolute atomic E-state index is 12.6. The van der Waals surface area contributed by atoms with Crippen LogP contribution in [0, 0.1) is 18.3 Å². The van der Waals surface area contributed by atoms with Gasteiger partial charge in [-0.1, -0.05) is 29.8 Å². The molecule has 0 fully saturated rings. The van der Waals surface area contributed by atoms with Crippen molar-refractivity contribution < 1.29 is 23.8 Å². The number of nitrogens with two attached hydrogens (primary N) is 1. The predicted molar refractivity (Wildman–Crippen MR) is 122 cm³/mol. The molecule has 1 amide bonds. The van der Waals surface area contributed by atoms with Crippen LogP contribution >= 0.6 is 0 Å². The van der Waals surface area contributed by atoms with Crippen LogP contribution in [0.3, 0.4) is 0 Å². The Morgan fingerprint density at radius 3 is 2.58 bits per heavy atom. The molecule has 0 aromatic heterocycles. The molecule has 0 spiro atoms. The van der Waals surface area contributed by atoms with Crippen LogP contribution in [0.4, 0.5) is 5.69 Å². The third-order valence-electron chi connectivity index (χ3n) is 5.00. The number of benzene rings is 2. The summed E-state index contributed by atoms with van der Waals surface area (Å²) in [6.45, 7) is 5.20. The van der Waals surface area contributed by atoms with Gasteiger partial charge in [0.25, 0.3) is 5.91 Å². The second-order valence-corrected chi connectivity index (χ2v) is 7.39. The first-order valence-corrected chi connectivity index (χ1v) is 10.4. The Bertz CT molecular complexity index is 1160. The summed E-state index contributed by atoms with van der Waals surface area (Å²) in [6.07, 6.45) is 0. The lowest BCUT2D eigenvalue weighted by molar-refractivity contribution is -0.139. The van der Waals surface area contributed by atoms with Gasteiger partial charge in [0, 0.05) is 5.69 Å². The normalized spacial score (nSPS) is 15.4. The van der Waals surface area contributed by atoms with Gasteiger partial charge in [-0.05, 0) is 50.6 Å². The Balaban J connectivity index is 1.81. The predicted octanol–water partition coefficient (Wildman–Crippen LogP) is 3.66. The molecule has 0 saturated heterocycles. The fourth-order valence-electron chi connectivity index (χ4n) is 3.45. The van der Waals surface area contributed by atoms with E-state index in [2.05, 4.69) is 5.32 Å². The second kappa shape index (κ2) is 10.4. The minimum Gasteiger partial charge on any atom is -0.484 e. The van der Waals surface area contributed by atoms with Crippen molar-refractivity contribution in [2.75, 3.05) is 18.5 Å². The zero-order valence-electron chi connectivity index (χ0n) is 18.7. The van der Waals surface area contributed by atoms with Gasteiger partial charge in [-0.2, -0.15) is 5.26 Å². The number of carbonyl (C=O) groups excluding carboxylic acids is 2. The lowest BCUT2D eigenvalue weighted by atomic mass is 9.83. The van der Waals surface area contributed by atoms with Crippen LogP contribution in [0.2, 0.25) is 0 Å². The highest BCUT2D eigenvalue weighted by Crippen LogP contribution is 2.40. The summed E-state index contributed by atoms with van der Waals surface area (Å²) in [5, 5.41) is 12.4. The van der Waals surface area contributed by atoms with Gasteiger partial charge in [0.05, 0.1) is 18.1 Å². The van der Waals surface area contributed by atoms with Crippen LogP contribution in [0.15, 0.2) is 71.3 Å².